The number of hydrogen-bond acceptors (Lipinski definition) is 5. The van der Waals surface area contributed by atoms with Crippen LogP contribution in [-0.2, 0) is 9.53 Å². The highest BCUT2D eigenvalue weighted by Crippen LogP contribution is 2.39. The van der Waals surface area contributed by atoms with Gasteiger partial charge in [-0.05, 0) is 42.3 Å². The van der Waals surface area contributed by atoms with Gasteiger partial charge in [0.05, 0.1) is 40.5 Å². The summed E-state index contributed by atoms with van der Waals surface area (Å²) in [4.78, 5) is 9.82. The van der Waals surface area contributed by atoms with Gasteiger partial charge in [-0.25, -0.2) is 0 Å². The number of benzene rings is 3. The highest BCUT2D eigenvalue weighted by atomic mass is 35.5. The fraction of sp³-hybridized carbons (Fsp3) is 0.160. The summed E-state index contributed by atoms with van der Waals surface area (Å²) in [7, 11) is 0. The average Bonchev–Trinajstić information content (AvgIpc) is 2.79. The zero-order valence-electron chi connectivity index (χ0n) is 18.4. The number of ether oxygens (including phenoxy) is 1. The lowest BCUT2D eigenvalue weighted by Gasteiger charge is -2.15. The minimum atomic E-state index is -0.684. The highest BCUT2D eigenvalue weighted by Gasteiger charge is 2.21. The van der Waals surface area contributed by atoms with Crippen molar-refractivity contribution in [1.82, 2.24) is 0 Å². The average molecular weight is 537 g/mol. The van der Waals surface area contributed by atoms with Crippen molar-refractivity contribution in [2.45, 2.75) is 19.8 Å². The molecule has 0 saturated heterocycles. The van der Waals surface area contributed by atoms with E-state index in [2.05, 4.69) is 21.3 Å². The number of carbonyl (C=O) groups is 1. The Labute approximate surface area is 218 Å². The highest BCUT2D eigenvalue weighted by molar-refractivity contribution is 6.42. The van der Waals surface area contributed by atoms with E-state index in [0.717, 1.165) is 5.56 Å². The summed E-state index contributed by atoms with van der Waals surface area (Å²) in [5.41, 5.74) is 5.61. The molecule has 0 aliphatic carbocycles. The Morgan fingerprint density at radius 2 is 1.68 bits per heavy atom. The molecule has 0 aliphatic rings. The number of hydrogen-bond donors (Lipinski definition) is 1. The van der Waals surface area contributed by atoms with Crippen LogP contribution in [0.1, 0.15) is 36.5 Å². The van der Waals surface area contributed by atoms with E-state index in [1.807, 2.05) is 30.3 Å². The van der Waals surface area contributed by atoms with Crippen LogP contribution in [0.3, 0.4) is 0 Å². The maximum atomic E-state index is 9.82. The number of nitrogens with one attached hydrogen (secondary N) is 1. The van der Waals surface area contributed by atoms with E-state index in [0.29, 0.717) is 43.5 Å². The van der Waals surface area contributed by atoms with Crippen molar-refractivity contribution in [2.24, 2.45) is 5.10 Å². The molecule has 0 radical (unpaired) electrons. The molecule has 0 saturated carbocycles. The molecule has 3 aromatic rings. The largest absolute Gasteiger partial charge is 0.466 e. The molecule has 0 aromatic heterocycles. The first-order valence-corrected chi connectivity index (χ1v) is 11.6. The number of nitrogens with zero attached hydrogens (tertiary/aromatic N) is 2. The number of rotatable bonds is 6. The molecule has 0 amide bonds. The van der Waals surface area contributed by atoms with Crippen molar-refractivity contribution in [3.63, 3.8) is 0 Å². The predicted octanol–water partition coefficient (Wildman–Crippen LogP) is 7.97. The van der Waals surface area contributed by atoms with Crippen LogP contribution in [-0.4, -0.2) is 18.8 Å². The van der Waals surface area contributed by atoms with E-state index in [1.165, 1.54) is 6.92 Å². The normalized spacial score (nSPS) is 11.2. The third-order valence-corrected chi connectivity index (χ3v) is 5.69. The van der Waals surface area contributed by atoms with Crippen LogP contribution in [0.25, 0.3) is 0 Å². The topological polar surface area (TPSA) is 74.5 Å². The van der Waals surface area contributed by atoms with E-state index >= 15 is 0 Å². The summed E-state index contributed by atoms with van der Waals surface area (Å²) in [6.45, 7) is 3.65. The molecule has 3 rings (SSSR count). The van der Waals surface area contributed by atoms with E-state index in [9.17, 15) is 10.1 Å². The third-order valence-electron chi connectivity index (χ3n) is 4.33. The first kappa shape index (κ1) is 27.5. The molecule has 0 spiro atoms. The van der Waals surface area contributed by atoms with Gasteiger partial charge in [0, 0.05) is 22.5 Å². The number of hydrazone groups is 1. The molecule has 5 nitrogen and oxygen atoms in total. The van der Waals surface area contributed by atoms with Crippen LogP contribution in [0.2, 0.25) is 20.1 Å². The lowest BCUT2D eigenvalue weighted by Crippen LogP contribution is -2.02. The Morgan fingerprint density at radius 1 is 1.03 bits per heavy atom. The molecule has 0 bridgehead atoms. The van der Waals surface area contributed by atoms with Crippen LogP contribution < -0.4 is 5.43 Å². The zero-order chi connectivity index (χ0) is 25.1. The first-order valence-electron chi connectivity index (χ1n) is 10.1. The van der Waals surface area contributed by atoms with E-state index < -0.39 is 5.92 Å². The second-order valence-corrected chi connectivity index (χ2v) is 8.42. The minimum Gasteiger partial charge on any atom is -0.466 e. The van der Waals surface area contributed by atoms with Gasteiger partial charge >= 0.3 is 5.97 Å². The van der Waals surface area contributed by atoms with Crippen molar-refractivity contribution in [3.05, 3.63) is 97.4 Å². The Balaban J connectivity index is 0.000000604. The van der Waals surface area contributed by atoms with Crippen LogP contribution in [0, 0.1) is 11.3 Å². The zero-order valence-corrected chi connectivity index (χ0v) is 21.4. The Kier molecular flexibility index (Phi) is 11.2. The van der Waals surface area contributed by atoms with Gasteiger partial charge in [0.25, 0.3) is 0 Å². The summed E-state index contributed by atoms with van der Waals surface area (Å²) in [5.74, 6) is -0.894. The molecular weight excluding hydrogens is 516 g/mol. The lowest BCUT2D eigenvalue weighted by molar-refractivity contribution is -0.140. The maximum Gasteiger partial charge on any atom is 0.302 e. The Hall–Kier alpha value is -2.75. The number of anilines is 1. The second kappa shape index (κ2) is 13.8. The third kappa shape index (κ3) is 8.23. The fourth-order valence-electron chi connectivity index (χ4n) is 2.85. The molecular formula is C25H21Cl4N3O2. The van der Waals surface area contributed by atoms with E-state index in [4.69, 9.17) is 46.4 Å². The molecule has 1 atom stereocenters. The van der Waals surface area contributed by atoms with Gasteiger partial charge < -0.3 is 4.74 Å². The molecule has 1 unspecified atom stereocenters. The summed E-state index contributed by atoms with van der Waals surface area (Å²) in [6.07, 6.45) is 1.68. The van der Waals surface area contributed by atoms with Crippen molar-refractivity contribution in [3.8, 4) is 6.07 Å². The number of carbonyl (C=O) groups excluding carboxylic acids is 1. The first-order chi connectivity index (χ1) is 16.3. The van der Waals surface area contributed by atoms with Gasteiger partial charge in [0.1, 0.15) is 0 Å². The monoisotopic (exact) mass is 535 g/mol. The van der Waals surface area contributed by atoms with Crippen LogP contribution >= 0.6 is 46.4 Å². The van der Waals surface area contributed by atoms with Gasteiger partial charge in [-0.2, -0.15) is 10.4 Å². The van der Waals surface area contributed by atoms with Gasteiger partial charge in [-0.15, -0.1) is 0 Å². The minimum absolute atomic E-state index is 0.211. The van der Waals surface area contributed by atoms with Gasteiger partial charge in [-0.3, -0.25) is 10.2 Å². The lowest BCUT2D eigenvalue weighted by atomic mass is 9.92. The smallest absolute Gasteiger partial charge is 0.302 e. The molecule has 176 valence electrons. The second-order valence-electron chi connectivity index (χ2n) is 6.79. The molecule has 34 heavy (non-hydrogen) atoms. The van der Waals surface area contributed by atoms with Crippen molar-refractivity contribution in [2.75, 3.05) is 12.0 Å². The van der Waals surface area contributed by atoms with Crippen molar-refractivity contribution < 1.29 is 9.53 Å². The van der Waals surface area contributed by atoms with Crippen LogP contribution in [0.15, 0.2) is 65.8 Å². The van der Waals surface area contributed by atoms with Crippen molar-refractivity contribution >= 4 is 64.3 Å². The molecule has 3 aromatic carbocycles. The summed E-state index contributed by atoms with van der Waals surface area (Å²) in [6, 6.07) is 20.2. The maximum absolute atomic E-state index is 9.82. The van der Waals surface area contributed by atoms with E-state index in [1.54, 1.807) is 43.5 Å². The SMILES string of the molecule is CCOC(C)=O.N#CC(c1ccc(Cl)c(Cl)c1)c1c(Cl)cc(NN=Cc2ccccc2)cc1Cl. The quantitative estimate of drug-likeness (QED) is 0.197. The summed E-state index contributed by atoms with van der Waals surface area (Å²) >= 11 is 24.9. The van der Waals surface area contributed by atoms with Gasteiger partial charge in [-0.1, -0.05) is 82.8 Å². The van der Waals surface area contributed by atoms with Gasteiger partial charge in [0.15, 0.2) is 0 Å². The number of halogens is 4. The van der Waals surface area contributed by atoms with E-state index in [-0.39, 0.29) is 5.97 Å². The predicted molar refractivity (Wildman–Crippen MR) is 140 cm³/mol. The summed E-state index contributed by atoms with van der Waals surface area (Å²) in [5, 5.41) is 15.3. The van der Waals surface area contributed by atoms with Gasteiger partial charge in [0.2, 0.25) is 0 Å². The molecule has 0 fully saturated rings. The summed E-state index contributed by atoms with van der Waals surface area (Å²) < 4.78 is 4.40. The fourth-order valence-corrected chi connectivity index (χ4v) is 3.86. The van der Waals surface area contributed by atoms with Crippen LogP contribution in [0.5, 0.6) is 0 Å². The van der Waals surface area contributed by atoms with Crippen LogP contribution in [0.4, 0.5) is 5.69 Å². The number of esters is 1. The standard InChI is InChI=1S/C21H13Cl4N3.C4H8O2/c22-17-7-6-14(8-18(17)23)16(11-26)21-19(24)9-15(10-20(21)25)28-27-12-13-4-2-1-3-5-13;1-3-6-4(2)5/h1-10,12,16,28H;3H2,1-2H3. The molecule has 0 aliphatic heterocycles. The molecule has 1 N–H and O–H groups in total. The number of nitriles is 1. The molecule has 9 heteroatoms. The Morgan fingerprint density at radius 3 is 2.18 bits per heavy atom. The van der Waals surface area contributed by atoms with Crippen molar-refractivity contribution in [1.29, 1.82) is 5.26 Å². The molecule has 0 heterocycles. The Bertz CT molecular complexity index is 1170.